The lowest BCUT2D eigenvalue weighted by atomic mass is 10.1. The molecule has 23 heavy (non-hydrogen) atoms. The number of aromatic nitrogens is 1. The molecular weight excluding hydrogens is 319 g/mol. The summed E-state index contributed by atoms with van der Waals surface area (Å²) in [6.07, 6.45) is 3.78. The number of hydrogen-bond donors (Lipinski definition) is 1. The second-order valence-electron chi connectivity index (χ2n) is 5.53. The van der Waals surface area contributed by atoms with E-state index in [1.165, 1.54) is 30.5 Å². The van der Waals surface area contributed by atoms with E-state index in [0.717, 1.165) is 23.8 Å². The van der Waals surface area contributed by atoms with Gasteiger partial charge in [0.2, 0.25) is 0 Å². The quantitative estimate of drug-likeness (QED) is 0.932. The van der Waals surface area contributed by atoms with E-state index >= 15 is 0 Å². The first kappa shape index (κ1) is 15.6. The van der Waals surface area contributed by atoms with E-state index in [2.05, 4.69) is 10.3 Å². The lowest BCUT2D eigenvalue weighted by Crippen LogP contribution is -2.29. The molecule has 120 valence electrons. The molecule has 3 rings (SSSR count). The number of amides is 1. The number of nitrogens with zero attached hydrogens (tertiary/aromatic N) is 1. The van der Waals surface area contributed by atoms with E-state index in [1.807, 2.05) is 0 Å². The van der Waals surface area contributed by atoms with Gasteiger partial charge in [-0.2, -0.15) is 0 Å². The molecule has 0 fully saturated rings. The van der Waals surface area contributed by atoms with Crippen LogP contribution in [0.25, 0.3) is 0 Å². The summed E-state index contributed by atoms with van der Waals surface area (Å²) in [5, 5.41) is 2.76. The number of halogens is 1. The van der Waals surface area contributed by atoms with Crippen LogP contribution >= 0.6 is 0 Å². The minimum atomic E-state index is -3.56. The molecule has 2 aromatic rings. The number of rotatable bonds is 3. The van der Waals surface area contributed by atoms with Gasteiger partial charge in [0.25, 0.3) is 5.91 Å². The summed E-state index contributed by atoms with van der Waals surface area (Å²) in [6.45, 7) is 0. The van der Waals surface area contributed by atoms with E-state index in [4.69, 9.17) is 0 Å². The SMILES string of the molecule is CS(=O)(=O)c1cccnc1C(=O)NC1CCc2ccc(F)cc21. The summed E-state index contributed by atoms with van der Waals surface area (Å²) in [5.41, 5.74) is 1.58. The van der Waals surface area contributed by atoms with Gasteiger partial charge >= 0.3 is 0 Å². The van der Waals surface area contributed by atoms with Crippen LogP contribution in [0.4, 0.5) is 4.39 Å². The van der Waals surface area contributed by atoms with Gasteiger partial charge in [0.15, 0.2) is 9.84 Å². The minimum Gasteiger partial charge on any atom is -0.344 e. The Kier molecular flexibility index (Phi) is 3.89. The Morgan fingerprint density at radius 3 is 2.87 bits per heavy atom. The smallest absolute Gasteiger partial charge is 0.271 e. The summed E-state index contributed by atoms with van der Waals surface area (Å²) >= 11 is 0. The number of aryl methyl sites for hydroxylation is 1. The highest BCUT2D eigenvalue weighted by atomic mass is 32.2. The summed E-state index contributed by atoms with van der Waals surface area (Å²) in [6, 6.07) is 6.97. The van der Waals surface area contributed by atoms with Gasteiger partial charge < -0.3 is 5.32 Å². The van der Waals surface area contributed by atoms with Crippen LogP contribution in [0.3, 0.4) is 0 Å². The Labute approximate surface area is 133 Å². The van der Waals surface area contributed by atoms with Gasteiger partial charge in [-0.15, -0.1) is 0 Å². The number of hydrogen-bond acceptors (Lipinski definition) is 4. The second kappa shape index (κ2) is 5.73. The number of nitrogens with one attached hydrogen (secondary N) is 1. The number of carbonyl (C=O) groups excluding carboxylic acids is 1. The van der Waals surface area contributed by atoms with Crippen molar-refractivity contribution in [3.63, 3.8) is 0 Å². The molecule has 0 aliphatic heterocycles. The van der Waals surface area contributed by atoms with Crippen LogP contribution in [0, 0.1) is 5.82 Å². The number of pyridine rings is 1. The first-order valence-electron chi connectivity index (χ1n) is 7.10. The van der Waals surface area contributed by atoms with Crippen molar-refractivity contribution in [2.75, 3.05) is 6.26 Å². The lowest BCUT2D eigenvalue weighted by molar-refractivity contribution is 0.0928. The first-order valence-corrected chi connectivity index (χ1v) is 8.99. The maximum Gasteiger partial charge on any atom is 0.271 e. The van der Waals surface area contributed by atoms with Crippen molar-refractivity contribution >= 4 is 15.7 Å². The summed E-state index contributed by atoms with van der Waals surface area (Å²) in [7, 11) is -3.56. The molecule has 1 aliphatic carbocycles. The fourth-order valence-electron chi connectivity index (χ4n) is 2.81. The van der Waals surface area contributed by atoms with Crippen LogP contribution in [0.15, 0.2) is 41.4 Å². The maximum absolute atomic E-state index is 13.4. The van der Waals surface area contributed by atoms with Crippen molar-refractivity contribution in [2.45, 2.75) is 23.8 Å². The topological polar surface area (TPSA) is 76.1 Å². The van der Waals surface area contributed by atoms with Crippen LogP contribution in [-0.4, -0.2) is 25.6 Å². The molecule has 0 saturated carbocycles. The van der Waals surface area contributed by atoms with Gasteiger partial charge in [-0.1, -0.05) is 6.07 Å². The van der Waals surface area contributed by atoms with Crippen LogP contribution < -0.4 is 5.32 Å². The van der Waals surface area contributed by atoms with E-state index < -0.39 is 15.7 Å². The van der Waals surface area contributed by atoms with Gasteiger partial charge in [0.05, 0.1) is 10.9 Å². The van der Waals surface area contributed by atoms with Crippen molar-refractivity contribution in [3.8, 4) is 0 Å². The average Bonchev–Trinajstić information content (AvgIpc) is 2.88. The van der Waals surface area contributed by atoms with Crippen molar-refractivity contribution < 1.29 is 17.6 Å². The van der Waals surface area contributed by atoms with Gasteiger partial charge in [0, 0.05) is 12.5 Å². The second-order valence-corrected chi connectivity index (χ2v) is 7.51. The molecule has 0 bridgehead atoms. The van der Waals surface area contributed by atoms with E-state index in [0.29, 0.717) is 6.42 Å². The molecule has 1 atom stereocenters. The molecule has 0 spiro atoms. The summed E-state index contributed by atoms with van der Waals surface area (Å²) in [4.78, 5) is 16.2. The lowest BCUT2D eigenvalue weighted by Gasteiger charge is -2.15. The van der Waals surface area contributed by atoms with Crippen molar-refractivity contribution in [3.05, 3.63) is 59.2 Å². The third kappa shape index (κ3) is 3.10. The van der Waals surface area contributed by atoms with Crippen LogP contribution in [0.2, 0.25) is 0 Å². The highest BCUT2D eigenvalue weighted by Crippen LogP contribution is 2.31. The number of carbonyl (C=O) groups is 1. The molecule has 1 aliphatic rings. The van der Waals surface area contributed by atoms with Crippen molar-refractivity contribution in [1.82, 2.24) is 10.3 Å². The van der Waals surface area contributed by atoms with Gasteiger partial charge in [-0.25, -0.2) is 17.8 Å². The normalized spacial score (nSPS) is 16.9. The summed E-state index contributed by atoms with van der Waals surface area (Å²) < 4.78 is 36.9. The predicted molar refractivity (Wildman–Crippen MR) is 82.3 cm³/mol. The Bertz CT molecular complexity index is 881. The molecule has 0 saturated heterocycles. The average molecular weight is 334 g/mol. The van der Waals surface area contributed by atoms with E-state index in [9.17, 15) is 17.6 Å². The Morgan fingerprint density at radius 2 is 2.13 bits per heavy atom. The molecule has 1 heterocycles. The monoisotopic (exact) mass is 334 g/mol. The zero-order valence-corrected chi connectivity index (χ0v) is 13.2. The van der Waals surface area contributed by atoms with Crippen LogP contribution in [-0.2, 0) is 16.3 Å². The Morgan fingerprint density at radius 1 is 1.35 bits per heavy atom. The minimum absolute atomic E-state index is 0.116. The molecule has 1 unspecified atom stereocenters. The first-order chi connectivity index (χ1) is 10.9. The van der Waals surface area contributed by atoms with Crippen molar-refractivity contribution in [1.29, 1.82) is 0 Å². The van der Waals surface area contributed by atoms with Crippen LogP contribution in [0.5, 0.6) is 0 Å². The third-order valence-electron chi connectivity index (χ3n) is 3.88. The molecule has 1 N–H and O–H groups in total. The zero-order chi connectivity index (χ0) is 16.6. The third-order valence-corrected chi connectivity index (χ3v) is 5.00. The zero-order valence-electron chi connectivity index (χ0n) is 12.4. The molecule has 1 aromatic carbocycles. The number of benzene rings is 1. The molecule has 0 radical (unpaired) electrons. The van der Waals surface area contributed by atoms with Gasteiger partial charge in [-0.3, -0.25) is 4.79 Å². The standard InChI is InChI=1S/C16H15FN2O3S/c1-23(21,22)14-3-2-8-18-15(14)16(20)19-13-7-5-10-4-6-11(17)9-12(10)13/h2-4,6,8-9,13H,5,7H2,1H3,(H,19,20). The van der Waals surface area contributed by atoms with E-state index in [1.54, 1.807) is 6.07 Å². The Hall–Kier alpha value is -2.28. The van der Waals surface area contributed by atoms with Crippen LogP contribution in [0.1, 0.15) is 34.1 Å². The highest BCUT2D eigenvalue weighted by Gasteiger charge is 2.27. The fraction of sp³-hybridized carbons (Fsp3) is 0.250. The highest BCUT2D eigenvalue weighted by molar-refractivity contribution is 7.90. The molecule has 1 amide bonds. The van der Waals surface area contributed by atoms with E-state index in [-0.39, 0.29) is 22.4 Å². The van der Waals surface area contributed by atoms with Gasteiger partial charge in [-0.05, 0) is 48.2 Å². The fourth-order valence-corrected chi connectivity index (χ4v) is 3.63. The largest absolute Gasteiger partial charge is 0.344 e. The number of sulfone groups is 1. The molecule has 1 aromatic heterocycles. The molecular formula is C16H15FN2O3S. The Balaban J connectivity index is 1.89. The maximum atomic E-state index is 13.4. The molecule has 7 heteroatoms. The predicted octanol–water partition coefficient (Wildman–Crippen LogP) is 2.04. The van der Waals surface area contributed by atoms with Gasteiger partial charge in [0.1, 0.15) is 11.5 Å². The number of fused-ring (bicyclic) bond motifs is 1. The summed E-state index contributed by atoms with van der Waals surface area (Å²) in [5.74, 6) is -0.937. The van der Waals surface area contributed by atoms with Crippen molar-refractivity contribution in [2.24, 2.45) is 0 Å². The molecule has 5 nitrogen and oxygen atoms in total.